The van der Waals surface area contributed by atoms with E-state index in [0.717, 1.165) is 13.1 Å². The van der Waals surface area contributed by atoms with Crippen LogP contribution >= 0.6 is 0 Å². The van der Waals surface area contributed by atoms with E-state index in [-0.39, 0.29) is 11.4 Å². The number of piperidine rings is 1. The van der Waals surface area contributed by atoms with Crippen LogP contribution in [0.25, 0.3) is 0 Å². The summed E-state index contributed by atoms with van der Waals surface area (Å²) < 4.78 is 4.99. The number of carbonyl (C=O) groups is 1. The number of ether oxygens (including phenoxy) is 1. The summed E-state index contributed by atoms with van der Waals surface area (Å²) in [5.74, 6) is 0.426. The zero-order valence-electron chi connectivity index (χ0n) is 13.2. The van der Waals surface area contributed by atoms with E-state index in [0.29, 0.717) is 18.0 Å². The number of likely N-dealkylation sites (tertiary alicyclic amines) is 1. The molecule has 1 N–H and O–H groups in total. The van der Waals surface area contributed by atoms with Crippen molar-refractivity contribution in [2.45, 2.75) is 38.6 Å². The van der Waals surface area contributed by atoms with E-state index in [1.807, 2.05) is 0 Å². The molecule has 1 saturated heterocycles. The van der Waals surface area contributed by atoms with Gasteiger partial charge in [0, 0.05) is 24.3 Å². The Morgan fingerprint density at radius 3 is 2.62 bits per heavy atom. The smallest absolute Gasteiger partial charge is 0.252 e. The van der Waals surface area contributed by atoms with Crippen LogP contribution in [0.5, 0.6) is 5.88 Å². The molecular formula is C16H25N3O2. The van der Waals surface area contributed by atoms with Gasteiger partial charge in [-0.05, 0) is 45.8 Å². The van der Waals surface area contributed by atoms with Crippen LogP contribution in [0.1, 0.15) is 43.5 Å². The lowest BCUT2D eigenvalue weighted by atomic mass is 9.98. The van der Waals surface area contributed by atoms with Gasteiger partial charge >= 0.3 is 0 Å². The second-order valence-electron chi connectivity index (χ2n) is 6.13. The van der Waals surface area contributed by atoms with Gasteiger partial charge in [-0.25, -0.2) is 4.98 Å². The molecule has 0 spiro atoms. The lowest BCUT2D eigenvalue weighted by molar-refractivity contribution is 0.0797. The van der Waals surface area contributed by atoms with Crippen LogP contribution < -0.4 is 10.1 Å². The first kappa shape index (κ1) is 15.8. The molecule has 5 heteroatoms. The highest BCUT2D eigenvalue weighted by atomic mass is 16.5. The van der Waals surface area contributed by atoms with E-state index in [4.69, 9.17) is 4.74 Å². The fourth-order valence-corrected chi connectivity index (χ4v) is 2.65. The van der Waals surface area contributed by atoms with Gasteiger partial charge in [-0.1, -0.05) is 6.42 Å². The third-order valence-corrected chi connectivity index (χ3v) is 4.10. The highest BCUT2D eigenvalue weighted by Crippen LogP contribution is 2.20. The van der Waals surface area contributed by atoms with Crippen molar-refractivity contribution in [1.82, 2.24) is 15.2 Å². The first-order chi connectivity index (χ1) is 10.0. The fraction of sp³-hybridized carbons (Fsp3) is 0.625. The van der Waals surface area contributed by atoms with Gasteiger partial charge in [-0.2, -0.15) is 0 Å². The highest BCUT2D eigenvalue weighted by Gasteiger charge is 2.28. The second-order valence-corrected chi connectivity index (χ2v) is 6.13. The molecule has 0 bridgehead atoms. The average Bonchev–Trinajstić information content (AvgIpc) is 2.53. The number of nitrogens with one attached hydrogen (secondary N) is 1. The number of pyridine rings is 1. The Kier molecular flexibility index (Phi) is 5.17. The summed E-state index contributed by atoms with van der Waals surface area (Å²) in [5.41, 5.74) is 0.543. The first-order valence-electron chi connectivity index (χ1n) is 7.56. The van der Waals surface area contributed by atoms with E-state index >= 15 is 0 Å². The molecule has 0 saturated carbocycles. The third kappa shape index (κ3) is 4.17. The zero-order chi connectivity index (χ0) is 15.3. The molecule has 1 fully saturated rings. The maximum atomic E-state index is 12.2. The van der Waals surface area contributed by atoms with Crippen molar-refractivity contribution in [2.24, 2.45) is 0 Å². The largest absolute Gasteiger partial charge is 0.481 e. The van der Waals surface area contributed by atoms with Crippen LogP contribution in [0.2, 0.25) is 0 Å². The minimum absolute atomic E-state index is 0.0179. The van der Waals surface area contributed by atoms with Gasteiger partial charge in [0.05, 0.1) is 12.7 Å². The maximum Gasteiger partial charge on any atom is 0.252 e. The predicted molar refractivity (Wildman–Crippen MR) is 82.6 cm³/mol. The molecule has 21 heavy (non-hydrogen) atoms. The molecule has 2 heterocycles. The van der Waals surface area contributed by atoms with Gasteiger partial charge < -0.3 is 10.1 Å². The SMILES string of the molecule is COc1ccc(C(=O)NCC(C)(C)N2CCCCC2)cn1. The molecule has 0 aromatic carbocycles. The molecule has 1 aliphatic rings. The number of carbonyl (C=O) groups excluding carboxylic acids is 1. The van der Waals surface area contributed by atoms with Crippen molar-refractivity contribution in [3.05, 3.63) is 23.9 Å². The third-order valence-electron chi connectivity index (χ3n) is 4.10. The number of methoxy groups -OCH3 is 1. The van der Waals surface area contributed by atoms with Gasteiger partial charge in [-0.15, -0.1) is 0 Å². The van der Waals surface area contributed by atoms with Crippen LogP contribution in [0.3, 0.4) is 0 Å². The summed E-state index contributed by atoms with van der Waals surface area (Å²) in [6, 6.07) is 3.43. The summed E-state index contributed by atoms with van der Waals surface area (Å²) in [4.78, 5) is 18.7. The summed E-state index contributed by atoms with van der Waals surface area (Å²) in [6.07, 6.45) is 5.36. The molecule has 0 aliphatic carbocycles. The standard InChI is InChI=1S/C16H25N3O2/c1-16(2,19-9-5-4-6-10-19)12-18-15(20)13-7-8-14(21-3)17-11-13/h7-8,11H,4-6,9-10,12H2,1-3H3,(H,18,20). The summed E-state index contributed by atoms with van der Waals surface area (Å²) in [7, 11) is 1.56. The Morgan fingerprint density at radius 2 is 2.05 bits per heavy atom. The predicted octanol–water partition coefficient (Wildman–Crippen LogP) is 2.08. The molecule has 1 aliphatic heterocycles. The highest BCUT2D eigenvalue weighted by molar-refractivity contribution is 5.93. The van der Waals surface area contributed by atoms with Crippen molar-refractivity contribution in [1.29, 1.82) is 0 Å². The van der Waals surface area contributed by atoms with Crippen molar-refractivity contribution in [2.75, 3.05) is 26.7 Å². The molecule has 1 amide bonds. The normalized spacial score (nSPS) is 16.5. The van der Waals surface area contributed by atoms with Gasteiger partial charge in [0.2, 0.25) is 5.88 Å². The lowest BCUT2D eigenvalue weighted by Gasteiger charge is -2.41. The van der Waals surface area contributed by atoms with E-state index in [1.165, 1.54) is 19.3 Å². The molecule has 1 aromatic heterocycles. The Labute approximate surface area is 126 Å². The van der Waals surface area contributed by atoms with Crippen LogP contribution in [0.15, 0.2) is 18.3 Å². The maximum absolute atomic E-state index is 12.2. The molecule has 1 aromatic rings. The number of amides is 1. The average molecular weight is 291 g/mol. The Morgan fingerprint density at radius 1 is 1.33 bits per heavy atom. The molecule has 2 rings (SSSR count). The Balaban J connectivity index is 1.89. The number of hydrogen-bond acceptors (Lipinski definition) is 4. The number of hydrogen-bond donors (Lipinski definition) is 1. The topological polar surface area (TPSA) is 54.5 Å². The number of nitrogens with zero attached hydrogens (tertiary/aromatic N) is 2. The number of rotatable bonds is 5. The van der Waals surface area contributed by atoms with Crippen molar-refractivity contribution < 1.29 is 9.53 Å². The molecule has 0 atom stereocenters. The van der Waals surface area contributed by atoms with Crippen LogP contribution in [0.4, 0.5) is 0 Å². The van der Waals surface area contributed by atoms with E-state index in [2.05, 4.69) is 29.0 Å². The summed E-state index contributed by atoms with van der Waals surface area (Å²) in [5, 5.41) is 3.01. The lowest BCUT2D eigenvalue weighted by Crippen LogP contribution is -2.53. The summed E-state index contributed by atoms with van der Waals surface area (Å²) >= 11 is 0. The summed E-state index contributed by atoms with van der Waals surface area (Å²) in [6.45, 7) is 7.24. The minimum Gasteiger partial charge on any atom is -0.481 e. The Hall–Kier alpha value is -1.62. The minimum atomic E-state index is -0.0877. The van der Waals surface area contributed by atoms with Crippen molar-refractivity contribution in [3.63, 3.8) is 0 Å². The van der Waals surface area contributed by atoms with E-state index in [9.17, 15) is 4.79 Å². The van der Waals surface area contributed by atoms with Crippen LogP contribution in [-0.4, -0.2) is 48.1 Å². The van der Waals surface area contributed by atoms with Crippen molar-refractivity contribution in [3.8, 4) is 5.88 Å². The van der Waals surface area contributed by atoms with Gasteiger partial charge in [0.25, 0.3) is 5.91 Å². The molecular weight excluding hydrogens is 266 g/mol. The quantitative estimate of drug-likeness (QED) is 0.902. The van der Waals surface area contributed by atoms with Gasteiger partial charge in [0.15, 0.2) is 0 Å². The monoisotopic (exact) mass is 291 g/mol. The van der Waals surface area contributed by atoms with Crippen LogP contribution in [0, 0.1) is 0 Å². The zero-order valence-corrected chi connectivity index (χ0v) is 13.2. The molecule has 0 unspecified atom stereocenters. The molecule has 116 valence electrons. The van der Waals surface area contributed by atoms with Crippen molar-refractivity contribution >= 4 is 5.91 Å². The van der Waals surface area contributed by atoms with Gasteiger partial charge in [-0.3, -0.25) is 9.69 Å². The number of aromatic nitrogens is 1. The van der Waals surface area contributed by atoms with E-state index < -0.39 is 0 Å². The second kappa shape index (κ2) is 6.89. The van der Waals surface area contributed by atoms with Gasteiger partial charge in [0.1, 0.15) is 0 Å². The fourth-order valence-electron chi connectivity index (χ4n) is 2.65. The van der Waals surface area contributed by atoms with E-state index in [1.54, 1.807) is 25.4 Å². The molecule has 5 nitrogen and oxygen atoms in total. The Bertz CT molecular complexity index is 465. The first-order valence-corrected chi connectivity index (χ1v) is 7.56. The molecule has 0 radical (unpaired) electrons. The van der Waals surface area contributed by atoms with Crippen LogP contribution in [-0.2, 0) is 0 Å².